The summed E-state index contributed by atoms with van der Waals surface area (Å²) in [5, 5.41) is 4.15. The number of nitrogens with zero attached hydrogens (tertiary/aromatic N) is 2. The molecular formula is C27H21N3O3. The van der Waals surface area contributed by atoms with E-state index in [1.54, 1.807) is 30.6 Å². The molecule has 0 aliphatic heterocycles. The molecule has 0 fully saturated rings. The van der Waals surface area contributed by atoms with Crippen molar-refractivity contribution >= 4 is 33.4 Å². The number of nitrogens with one attached hydrogen (secondary N) is 1. The Labute approximate surface area is 190 Å². The molecule has 33 heavy (non-hydrogen) atoms. The molecule has 0 saturated heterocycles. The van der Waals surface area contributed by atoms with Crippen molar-refractivity contribution in [2.45, 2.75) is 13.5 Å². The minimum absolute atomic E-state index is 0.0299. The maximum absolute atomic E-state index is 13.0. The lowest BCUT2D eigenvalue weighted by molar-refractivity contribution is -0.116. The topological polar surface area (TPSA) is 73.2 Å². The summed E-state index contributed by atoms with van der Waals surface area (Å²) in [6, 6.07) is 23.9. The predicted octanol–water partition coefficient (Wildman–Crippen LogP) is 5.29. The molecule has 0 radical (unpaired) electrons. The monoisotopic (exact) mass is 435 g/mol. The molecule has 0 bridgehead atoms. The van der Waals surface area contributed by atoms with E-state index in [4.69, 9.17) is 4.74 Å². The second-order valence-corrected chi connectivity index (χ2v) is 7.77. The molecule has 162 valence electrons. The van der Waals surface area contributed by atoms with Crippen LogP contribution in [0.4, 0.5) is 5.69 Å². The maximum Gasteiger partial charge on any atom is 0.244 e. The Bertz CT molecular complexity index is 1480. The Morgan fingerprint density at radius 2 is 1.64 bits per heavy atom. The summed E-state index contributed by atoms with van der Waals surface area (Å²) >= 11 is 0. The highest BCUT2D eigenvalue weighted by molar-refractivity contribution is 5.97. The average Bonchev–Trinajstić information content (AvgIpc) is 2.84. The van der Waals surface area contributed by atoms with Crippen LogP contribution in [-0.2, 0) is 11.3 Å². The fourth-order valence-electron chi connectivity index (χ4n) is 3.97. The Kier molecular flexibility index (Phi) is 5.32. The number of aromatic nitrogens is 2. The molecule has 5 aromatic rings. The zero-order valence-corrected chi connectivity index (χ0v) is 18.0. The van der Waals surface area contributed by atoms with Crippen LogP contribution >= 0.6 is 0 Å². The van der Waals surface area contributed by atoms with E-state index in [2.05, 4.69) is 10.3 Å². The van der Waals surface area contributed by atoms with E-state index in [1.165, 1.54) is 0 Å². The summed E-state index contributed by atoms with van der Waals surface area (Å²) in [6.45, 7) is 2.00. The van der Waals surface area contributed by atoms with Crippen molar-refractivity contribution in [1.29, 1.82) is 0 Å². The van der Waals surface area contributed by atoms with Crippen molar-refractivity contribution in [2.24, 2.45) is 0 Å². The molecule has 0 spiro atoms. The highest BCUT2D eigenvalue weighted by atomic mass is 16.5. The van der Waals surface area contributed by atoms with Crippen LogP contribution < -0.4 is 15.5 Å². The van der Waals surface area contributed by atoms with Crippen LogP contribution in [0.25, 0.3) is 21.8 Å². The number of anilines is 1. The molecule has 3 aromatic carbocycles. The van der Waals surface area contributed by atoms with Gasteiger partial charge in [-0.05, 0) is 67.1 Å². The number of ether oxygens (including phenoxy) is 1. The van der Waals surface area contributed by atoms with Crippen LogP contribution in [0.3, 0.4) is 0 Å². The number of fused-ring (bicyclic) bond motifs is 2. The zero-order chi connectivity index (χ0) is 22.8. The minimum Gasteiger partial charge on any atom is -0.455 e. The maximum atomic E-state index is 13.0. The van der Waals surface area contributed by atoms with Gasteiger partial charge in [-0.25, -0.2) is 0 Å². The molecule has 0 saturated carbocycles. The van der Waals surface area contributed by atoms with Gasteiger partial charge in [0.1, 0.15) is 18.0 Å². The number of rotatable bonds is 5. The van der Waals surface area contributed by atoms with Gasteiger partial charge in [-0.1, -0.05) is 24.3 Å². The number of aryl methyl sites for hydroxylation is 1. The van der Waals surface area contributed by atoms with E-state index in [0.29, 0.717) is 28.0 Å². The molecule has 2 aromatic heterocycles. The number of carbonyl (C=O) groups is 1. The minimum atomic E-state index is -0.186. The quantitative estimate of drug-likeness (QED) is 0.381. The molecule has 1 amide bonds. The molecule has 6 heteroatoms. The van der Waals surface area contributed by atoms with Crippen LogP contribution in [0.5, 0.6) is 11.5 Å². The Morgan fingerprint density at radius 3 is 2.27 bits per heavy atom. The number of amides is 1. The van der Waals surface area contributed by atoms with Gasteiger partial charge in [0.05, 0.1) is 17.2 Å². The average molecular weight is 435 g/mol. The van der Waals surface area contributed by atoms with Gasteiger partial charge in [0.2, 0.25) is 5.91 Å². The number of carbonyl (C=O) groups excluding carboxylic acids is 1. The van der Waals surface area contributed by atoms with Gasteiger partial charge in [-0.15, -0.1) is 0 Å². The van der Waals surface area contributed by atoms with Crippen molar-refractivity contribution in [3.05, 3.63) is 107 Å². The molecule has 6 nitrogen and oxygen atoms in total. The summed E-state index contributed by atoms with van der Waals surface area (Å²) in [4.78, 5) is 29.9. The lowest BCUT2D eigenvalue weighted by Crippen LogP contribution is -2.21. The first-order valence-corrected chi connectivity index (χ1v) is 10.6. The Balaban J connectivity index is 1.42. The molecule has 0 unspecified atom stereocenters. The third-order valence-electron chi connectivity index (χ3n) is 5.50. The van der Waals surface area contributed by atoms with Crippen LogP contribution in [0.2, 0.25) is 0 Å². The first-order chi connectivity index (χ1) is 16.1. The lowest BCUT2D eigenvalue weighted by Gasteiger charge is -2.15. The molecule has 2 heterocycles. The second kappa shape index (κ2) is 8.59. The van der Waals surface area contributed by atoms with E-state index < -0.39 is 0 Å². The summed E-state index contributed by atoms with van der Waals surface area (Å²) in [5.74, 6) is 1.15. The number of hydrogen-bond donors (Lipinski definition) is 1. The number of hydrogen-bond acceptors (Lipinski definition) is 4. The van der Waals surface area contributed by atoms with Crippen LogP contribution in [0.15, 0.2) is 96.1 Å². The Morgan fingerprint density at radius 1 is 0.939 bits per heavy atom. The summed E-state index contributed by atoms with van der Waals surface area (Å²) in [7, 11) is 0. The van der Waals surface area contributed by atoms with Crippen LogP contribution in [0.1, 0.15) is 5.56 Å². The van der Waals surface area contributed by atoms with Crippen molar-refractivity contribution < 1.29 is 9.53 Å². The highest BCUT2D eigenvalue weighted by Gasteiger charge is 2.13. The van der Waals surface area contributed by atoms with Crippen molar-refractivity contribution in [3.8, 4) is 11.5 Å². The molecule has 0 atom stereocenters. The number of benzene rings is 3. The van der Waals surface area contributed by atoms with Crippen LogP contribution in [0, 0.1) is 6.92 Å². The predicted molar refractivity (Wildman–Crippen MR) is 130 cm³/mol. The lowest BCUT2D eigenvalue weighted by atomic mass is 10.1. The largest absolute Gasteiger partial charge is 0.455 e. The summed E-state index contributed by atoms with van der Waals surface area (Å²) < 4.78 is 7.75. The SMILES string of the molecule is Cc1cc(NC(=O)Cn2c3ccccc3c(=O)c3ccccc32)ccc1Oc1cccnc1. The third-order valence-corrected chi connectivity index (χ3v) is 5.50. The fraction of sp³-hybridized carbons (Fsp3) is 0.0741. The Hall–Kier alpha value is -4.45. The van der Waals surface area contributed by atoms with Gasteiger partial charge in [-0.3, -0.25) is 14.6 Å². The van der Waals surface area contributed by atoms with E-state index in [0.717, 1.165) is 16.6 Å². The second-order valence-electron chi connectivity index (χ2n) is 7.77. The normalized spacial score (nSPS) is 10.9. The molecule has 0 aliphatic carbocycles. The van der Waals surface area contributed by atoms with E-state index in [-0.39, 0.29) is 17.9 Å². The van der Waals surface area contributed by atoms with E-state index >= 15 is 0 Å². The molecular weight excluding hydrogens is 414 g/mol. The van der Waals surface area contributed by atoms with Crippen molar-refractivity contribution in [1.82, 2.24) is 9.55 Å². The number of para-hydroxylation sites is 2. The highest BCUT2D eigenvalue weighted by Crippen LogP contribution is 2.27. The first-order valence-electron chi connectivity index (χ1n) is 10.6. The first kappa shape index (κ1) is 20.5. The van der Waals surface area contributed by atoms with Gasteiger partial charge in [-0.2, -0.15) is 0 Å². The van der Waals surface area contributed by atoms with Gasteiger partial charge in [0.15, 0.2) is 5.43 Å². The van der Waals surface area contributed by atoms with Gasteiger partial charge in [0, 0.05) is 22.7 Å². The molecule has 5 rings (SSSR count). The molecule has 0 aliphatic rings. The fourth-order valence-corrected chi connectivity index (χ4v) is 3.97. The summed E-state index contributed by atoms with van der Waals surface area (Å²) in [6.07, 6.45) is 3.33. The van der Waals surface area contributed by atoms with Gasteiger partial charge >= 0.3 is 0 Å². The van der Waals surface area contributed by atoms with Crippen molar-refractivity contribution in [3.63, 3.8) is 0 Å². The standard InChI is InChI=1S/C27H21N3O3/c1-18-15-19(12-13-25(18)33-20-7-6-14-28-16-20)29-26(31)17-30-23-10-4-2-8-21(23)27(32)22-9-3-5-11-24(22)30/h2-16H,17H2,1H3,(H,29,31). The summed E-state index contributed by atoms with van der Waals surface area (Å²) in [5.41, 5.74) is 2.99. The van der Waals surface area contributed by atoms with Crippen LogP contribution in [-0.4, -0.2) is 15.5 Å². The third kappa shape index (κ3) is 4.06. The van der Waals surface area contributed by atoms with Gasteiger partial charge in [0.25, 0.3) is 0 Å². The zero-order valence-electron chi connectivity index (χ0n) is 18.0. The van der Waals surface area contributed by atoms with Crippen molar-refractivity contribution in [2.75, 3.05) is 5.32 Å². The van der Waals surface area contributed by atoms with Gasteiger partial charge < -0.3 is 14.6 Å². The van der Waals surface area contributed by atoms with E-state index in [9.17, 15) is 9.59 Å². The smallest absolute Gasteiger partial charge is 0.244 e. The van der Waals surface area contributed by atoms with E-state index in [1.807, 2.05) is 72.2 Å². The number of pyridine rings is 2. The molecule has 1 N–H and O–H groups in total.